The van der Waals surface area contributed by atoms with Gasteiger partial charge in [0.15, 0.2) is 0 Å². The number of carbonyl (C=O) groups is 1. The van der Waals surface area contributed by atoms with E-state index < -0.39 is 5.79 Å². The van der Waals surface area contributed by atoms with Gasteiger partial charge in [0.1, 0.15) is 5.75 Å². The van der Waals surface area contributed by atoms with Crippen molar-refractivity contribution < 1.29 is 19.4 Å². The number of carbonyl (C=O) groups excluding carboxylic acids is 1. The SMILES string of the molecule is CC(C)C(=O)OCCC(C)(O)Oc1ccc(Cl)cc1.c1cc2ccc1=2. The molecule has 1 unspecified atom stereocenters. The Kier molecular flexibility index (Phi) is 6.45. The van der Waals surface area contributed by atoms with Gasteiger partial charge in [0, 0.05) is 18.4 Å². The molecule has 2 aliphatic carbocycles. The Hall–Kier alpha value is -2.04. The number of hydrogen-bond donors (Lipinski definition) is 1. The van der Waals surface area contributed by atoms with Gasteiger partial charge in [0.2, 0.25) is 5.79 Å². The molecular weight excluding hydrogens is 340 g/mol. The van der Waals surface area contributed by atoms with Gasteiger partial charge in [-0.25, -0.2) is 0 Å². The minimum atomic E-state index is -1.40. The van der Waals surface area contributed by atoms with Gasteiger partial charge >= 0.3 is 5.97 Å². The number of rotatable bonds is 6. The van der Waals surface area contributed by atoms with Crippen LogP contribution in [0.2, 0.25) is 5.02 Å². The number of aliphatic hydroxyl groups is 1. The summed E-state index contributed by atoms with van der Waals surface area (Å²) in [6, 6.07) is 15.2. The predicted octanol–water partition coefficient (Wildman–Crippen LogP) is 4.30. The molecule has 0 fully saturated rings. The number of hydrogen-bond acceptors (Lipinski definition) is 4. The van der Waals surface area contributed by atoms with Crippen LogP contribution in [0.4, 0.5) is 0 Å². The summed E-state index contributed by atoms with van der Waals surface area (Å²) in [6.45, 7) is 5.14. The number of ether oxygens (including phenoxy) is 2. The second-order valence-corrected chi connectivity index (χ2v) is 6.82. The topological polar surface area (TPSA) is 55.8 Å². The molecule has 0 radical (unpaired) electrons. The quantitative estimate of drug-likeness (QED) is 0.524. The summed E-state index contributed by atoms with van der Waals surface area (Å²) >= 11 is 5.76. The standard InChI is InChI=1S/C14H19ClO4.C6H4/c1-10(2)13(16)18-9-8-14(3,17)19-12-6-4-11(15)5-7-12;1-2-6-4-3-5(1)6/h4-7,10,17H,8-9H2,1-3H3;1-4H. The van der Waals surface area contributed by atoms with Crippen molar-refractivity contribution in [3.63, 3.8) is 0 Å². The van der Waals surface area contributed by atoms with Gasteiger partial charge in [0.05, 0.1) is 12.5 Å². The van der Waals surface area contributed by atoms with E-state index in [4.69, 9.17) is 21.1 Å². The second-order valence-electron chi connectivity index (χ2n) is 6.38. The zero-order valence-corrected chi connectivity index (χ0v) is 15.4. The summed E-state index contributed by atoms with van der Waals surface area (Å²) in [5.74, 6) is -1.36. The molecule has 0 saturated heterocycles. The van der Waals surface area contributed by atoms with Gasteiger partial charge in [-0.3, -0.25) is 4.79 Å². The monoisotopic (exact) mass is 362 g/mol. The van der Waals surface area contributed by atoms with E-state index in [1.54, 1.807) is 38.1 Å². The van der Waals surface area contributed by atoms with Crippen molar-refractivity contribution in [3.8, 4) is 5.75 Å². The van der Waals surface area contributed by atoms with Crippen molar-refractivity contribution in [2.24, 2.45) is 5.92 Å². The average molecular weight is 363 g/mol. The zero-order valence-electron chi connectivity index (χ0n) is 14.7. The van der Waals surface area contributed by atoms with Crippen molar-refractivity contribution >= 4 is 17.6 Å². The summed E-state index contributed by atoms with van der Waals surface area (Å²) in [7, 11) is 0. The lowest BCUT2D eigenvalue weighted by atomic mass is 10.1. The van der Waals surface area contributed by atoms with E-state index in [0.717, 1.165) is 0 Å². The molecule has 5 heteroatoms. The molecule has 3 rings (SSSR count). The van der Waals surface area contributed by atoms with Gasteiger partial charge in [-0.05, 0) is 34.7 Å². The number of esters is 1. The molecule has 0 aliphatic heterocycles. The van der Waals surface area contributed by atoms with Gasteiger partial charge in [-0.15, -0.1) is 0 Å². The molecule has 0 amide bonds. The first kappa shape index (κ1) is 19.3. The van der Waals surface area contributed by atoms with E-state index >= 15 is 0 Å². The maximum absolute atomic E-state index is 11.3. The van der Waals surface area contributed by atoms with Crippen LogP contribution < -0.4 is 4.74 Å². The van der Waals surface area contributed by atoms with Crippen LogP contribution >= 0.6 is 11.6 Å². The minimum Gasteiger partial charge on any atom is -0.465 e. The number of benzene rings is 2. The normalized spacial score (nSPS) is 13.4. The molecule has 25 heavy (non-hydrogen) atoms. The molecule has 2 aliphatic rings. The van der Waals surface area contributed by atoms with Crippen LogP contribution in [0.3, 0.4) is 0 Å². The maximum Gasteiger partial charge on any atom is 0.308 e. The molecule has 0 bridgehead atoms. The molecule has 0 aromatic heterocycles. The Labute approximate surface area is 152 Å². The summed E-state index contributed by atoms with van der Waals surface area (Å²) in [4.78, 5) is 11.3. The van der Waals surface area contributed by atoms with Gasteiger partial charge < -0.3 is 14.6 Å². The minimum absolute atomic E-state index is 0.109. The van der Waals surface area contributed by atoms with Gasteiger partial charge in [-0.1, -0.05) is 49.7 Å². The van der Waals surface area contributed by atoms with E-state index in [2.05, 4.69) is 24.3 Å². The lowest BCUT2D eigenvalue weighted by Gasteiger charge is -2.24. The summed E-state index contributed by atoms with van der Waals surface area (Å²) < 4.78 is 10.4. The van der Waals surface area contributed by atoms with Crippen LogP contribution in [0.25, 0.3) is 0 Å². The highest BCUT2D eigenvalue weighted by atomic mass is 35.5. The highest BCUT2D eigenvalue weighted by Gasteiger charge is 2.23. The van der Waals surface area contributed by atoms with Gasteiger partial charge in [0.25, 0.3) is 0 Å². The van der Waals surface area contributed by atoms with Crippen molar-refractivity contribution in [1.82, 2.24) is 0 Å². The van der Waals surface area contributed by atoms with Gasteiger partial charge in [-0.2, -0.15) is 0 Å². The fourth-order valence-electron chi connectivity index (χ4n) is 1.98. The van der Waals surface area contributed by atoms with Crippen LogP contribution in [0.5, 0.6) is 5.75 Å². The highest BCUT2D eigenvalue weighted by molar-refractivity contribution is 6.30. The number of halogens is 1. The molecule has 1 aromatic carbocycles. The third kappa shape index (κ3) is 6.07. The van der Waals surface area contributed by atoms with Crippen molar-refractivity contribution in [2.75, 3.05) is 6.61 Å². The molecule has 4 nitrogen and oxygen atoms in total. The summed E-state index contributed by atoms with van der Waals surface area (Å²) in [5.41, 5.74) is 0. The predicted molar refractivity (Wildman–Crippen MR) is 97.2 cm³/mol. The van der Waals surface area contributed by atoms with E-state index in [0.29, 0.717) is 10.8 Å². The second kappa shape index (κ2) is 8.37. The first-order chi connectivity index (χ1) is 11.8. The molecule has 1 atom stereocenters. The Morgan fingerprint density at radius 2 is 1.60 bits per heavy atom. The van der Waals surface area contributed by atoms with Crippen LogP contribution in [0.1, 0.15) is 27.2 Å². The van der Waals surface area contributed by atoms with E-state index in [9.17, 15) is 9.90 Å². The molecule has 0 saturated carbocycles. The summed E-state index contributed by atoms with van der Waals surface area (Å²) in [6.07, 6.45) is 0.189. The molecule has 0 heterocycles. The Balaban J connectivity index is 0.000000306. The lowest BCUT2D eigenvalue weighted by molar-refractivity contribution is -0.158. The van der Waals surface area contributed by atoms with Crippen molar-refractivity contribution in [1.29, 1.82) is 0 Å². The van der Waals surface area contributed by atoms with Crippen molar-refractivity contribution in [3.05, 3.63) is 64.0 Å². The fourth-order valence-corrected chi connectivity index (χ4v) is 2.10. The maximum atomic E-state index is 11.3. The third-order valence-corrected chi connectivity index (χ3v) is 3.90. The Morgan fingerprint density at radius 1 is 1.08 bits per heavy atom. The molecule has 134 valence electrons. The molecule has 1 N–H and O–H groups in total. The van der Waals surface area contributed by atoms with Crippen LogP contribution in [0, 0.1) is 16.4 Å². The fraction of sp³-hybridized carbons (Fsp3) is 0.350. The molecule has 0 spiro atoms. The van der Waals surface area contributed by atoms with Crippen molar-refractivity contribution in [2.45, 2.75) is 33.0 Å². The van der Waals surface area contributed by atoms with Crippen LogP contribution in [-0.4, -0.2) is 23.5 Å². The first-order valence-electron chi connectivity index (χ1n) is 8.21. The smallest absolute Gasteiger partial charge is 0.308 e. The van der Waals surface area contributed by atoms with E-state index in [1.165, 1.54) is 17.4 Å². The molecular formula is C20H23ClO4. The Morgan fingerprint density at radius 3 is 2.00 bits per heavy atom. The van der Waals surface area contributed by atoms with Crippen LogP contribution in [0.15, 0.2) is 48.5 Å². The highest BCUT2D eigenvalue weighted by Crippen LogP contribution is 2.21. The average Bonchev–Trinajstić information content (AvgIpc) is 2.53. The lowest BCUT2D eigenvalue weighted by Crippen LogP contribution is -2.34. The van der Waals surface area contributed by atoms with Crippen LogP contribution in [-0.2, 0) is 9.53 Å². The first-order valence-corrected chi connectivity index (χ1v) is 8.59. The molecule has 1 aromatic rings. The van der Waals surface area contributed by atoms with E-state index in [1.807, 2.05) is 0 Å². The zero-order chi connectivity index (χ0) is 18.4. The van der Waals surface area contributed by atoms with E-state index in [-0.39, 0.29) is 24.9 Å². The largest absolute Gasteiger partial charge is 0.465 e. The third-order valence-electron chi connectivity index (χ3n) is 3.65. The Bertz CT molecular complexity index is 747. The summed E-state index contributed by atoms with van der Waals surface area (Å²) in [5, 5.41) is 13.5.